The third-order valence-corrected chi connectivity index (χ3v) is 2.01. The van der Waals surface area contributed by atoms with Crippen LogP contribution in [0.4, 0.5) is 0 Å². The molecule has 3 nitrogen and oxygen atoms in total. The zero-order valence-corrected chi connectivity index (χ0v) is 9.07. The van der Waals surface area contributed by atoms with Gasteiger partial charge in [0.25, 0.3) is 0 Å². The number of hydrogen-bond donors (Lipinski definition) is 1. The highest BCUT2D eigenvalue weighted by Crippen LogP contribution is 2.11. The standard InChI is InChI=1S/C11H20NO2/c1-5-8-12(3)11(7-6-9-13)10(2)14-4/h5,8,11,13H,2-3,6-7,9H2,1,4H3/q+1/b8-5-. The number of ether oxygens (including phenoxy) is 1. The molecule has 0 bridgehead atoms. The van der Waals surface area contributed by atoms with Gasteiger partial charge in [-0.15, -0.1) is 0 Å². The van der Waals surface area contributed by atoms with E-state index in [0.717, 1.165) is 12.8 Å². The van der Waals surface area contributed by atoms with E-state index in [4.69, 9.17) is 9.84 Å². The molecule has 80 valence electrons. The molecule has 0 saturated heterocycles. The Morgan fingerprint density at radius 1 is 1.64 bits per heavy atom. The molecule has 0 saturated carbocycles. The fourth-order valence-electron chi connectivity index (χ4n) is 1.23. The predicted octanol–water partition coefficient (Wildman–Crippen LogP) is 1.53. The smallest absolute Gasteiger partial charge is 0.213 e. The van der Waals surface area contributed by atoms with Crippen molar-refractivity contribution < 1.29 is 14.4 Å². The van der Waals surface area contributed by atoms with Crippen LogP contribution in [0.5, 0.6) is 0 Å². The van der Waals surface area contributed by atoms with Crippen molar-refractivity contribution in [2.75, 3.05) is 13.7 Å². The van der Waals surface area contributed by atoms with E-state index in [2.05, 4.69) is 13.3 Å². The number of hydrogen-bond acceptors (Lipinski definition) is 2. The quantitative estimate of drug-likeness (QED) is 0.382. The highest BCUT2D eigenvalue weighted by Gasteiger charge is 2.21. The molecule has 0 heterocycles. The van der Waals surface area contributed by atoms with Crippen molar-refractivity contribution in [2.45, 2.75) is 25.8 Å². The molecule has 0 aromatic rings. The largest absolute Gasteiger partial charge is 0.495 e. The van der Waals surface area contributed by atoms with Crippen LogP contribution in [0.1, 0.15) is 19.8 Å². The normalized spacial score (nSPS) is 12.8. The topological polar surface area (TPSA) is 32.5 Å². The first-order valence-electron chi connectivity index (χ1n) is 4.72. The zero-order valence-electron chi connectivity index (χ0n) is 9.07. The van der Waals surface area contributed by atoms with E-state index in [9.17, 15) is 0 Å². The van der Waals surface area contributed by atoms with E-state index in [1.54, 1.807) is 11.7 Å². The minimum absolute atomic E-state index is 0.0309. The van der Waals surface area contributed by atoms with Crippen molar-refractivity contribution >= 4 is 6.72 Å². The summed E-state index contributed by atoms with van der Waals surface area (Å²) in [6.07, 6.45) is 5.28. The Kier molecular flexibility index (Phi) is 6.76. The second kappa shape index (κ2) is 7.33. The number of rotatable bonds is 7. The Morgan fingerprint density at radius 3 is 2.71 bits per heavy atom. The van der Waals surface area contributed by atoms with Crippen molar-refractivity contribution in [3.05, 3.63) is 24.6 Å². The molecule has 1 atom stereocenters. The SMILES string of the molecule is C=C(OC)C(CCCO)[N+](=C)/C=C\C. The van der Waals surface area contributed by atoms with Crippen molar-refractivity contribution in [1.82, 2.24) is 0 Å². The molecule has 0 aliphatic heterocycles. The molecule has 1 N–H and O–H groups in total. The third kappa shape index (κ3) is 4.23. The Labute approximate surface area is 86.0 Å². The summed E-state index contributed by atoms with van der Waals surface area (Å²) < 4.78 is 6.88. The molecule has 0 aliphatic carbocycles. The van der Waals surface area contributed by atoms with E-state index in [0.29, 0.717) is 5.76 Å². The van der Waals surface area contributed by atoms with E-state index >= 15 is 0 Å². The minimum Gasteiger partial charge on any atom is -0.495 e. The van der Waals surface area contributed by atoms with Crippen LogP contribution in [0.15, 0.2) is 24.6 Å². The molecule has 0 aliphatic rings. The van der Waals surface area contributed by atoms with E-state index in [-0.39, 0.29) is 12.6 Å². The Morgan fingerprint density at radius 2 is 2.29 bits per heavy atom. The van der Waals surface area contributed by atoms with Gasteiger partial charge < -0.3 is 9.84 Å². The fraction of sp³-hybridized carbons (Fsp3) is 0.545. The van der Waals surface area contributed by atoms with Crippen LogP contribution in [0.3, 0.4) is 0 Å². The first-order chi connectivity index (χ1) is 6.67. The van der Waals surface area contributed by atoms with E-state index < -0.39 is 0 Å². The first-order valence-corrected chi connectivity index (χ1v) is 4.72. The van der Waals surface area contributed by atoms with Gasteiger partial charge in [-0.05, 0) is 19.4 Å². The molecule has 0 rings (SSSR count). The lowest BCUT2D eigenvalue weighted by molar-refractivity contribution is -0.487. The predicted molar refractivity (Wildman–Crippen MR) is 58.5 cm³/mol. The molecule has 0 spiro atoms. The number of allylic oxidation sites excluding steroid dienone is 1. The monoisotopic (exact) mass is 198 g/mol. The lowest BCUT2D eigenvalue weighted by Crippen LogP contribution is -2.24. The number of methoxy groups -OCH3 is 1. The van der Waals surface area contributed by atoms with Gasteiger partial charge in [0.05, 0.1) is 7.11 Å². The van der Waals surface area contributed by atoms with Gasteiger partial charge in [0, 0.05) is 13.0 Å². The molecule has 0 aromatic carbocycles. The Balaban J connectivity index is 4.37. The van der Waals surface area contributed by atoms with Gasteiger partial charge in [-0.2, -0.15) is 0 Å². The summed E-state index contributed by atoms with van der Waals surface area (Å²) >= 11 is 0. The minimum atomic E-state index is 0.0309. The third-order valence-electron chi connectivity index (χ3n) is 2.01. The maximum absolute atomic E-state index is 8.75. The second-order valence-corrected chi connectivity index (χ2v) is 3.05. The number of aliphatic hydroxyl groups excluding tert-OH is 1. The van der Waals surface area contributed by atoms with E-state index in [1.807, 2.05) is 19.2 Å². The highest BCUT2D eigenvalue weighted by atomic mass is 16.5. The van der Waals surface area contributed by atoms with Gasteiger partial charge in [-0.25, -0.2) is 4.58 Å². The van der Waals surface area contributed by atoms with Crippen molar-refractivity contribution in [3.8, 4) is 0 Å². The van der Waals surface area contributed by atoms with Gasteiger partial charge in [0.15, 0.2) is 12.0 Å². The summed E-state index contributed by atoms with van der Waals surface area (Å²) in [5, 5.41) is 8.75. The maximum atomic E-state index is 8.75. The first kappa shape index (κ1) is 12.9. The molecular weight excluding hydrogens is 178 g/mol. The molecule has 0 radical (unpaired) electrons. The summed E-state index contributed by atoms with van der Waals surface area (Å²) in [7, 11) is 1.60. The van der Waals surface area contributed by atoms with Crippen LogP contribution in [-0.4, -0.2) is 36.2 Å². The average Bonchev–Trinajstić information content (AvgIpc) is 2.18. The molecule has 1 unspecified atom stereocenters. The number of aliphatic hydroxyl groups is 1. The van der Waals surface area contributed by atoms with Crippen LogP contribution >= 0.6 is 0 Å². The van der Waals surface area contributed by atoms with Crippen molar-refractivity contribution in [2.24, 2.45) is 0 Å². The molecule has 0 fully saturated rings. The zero-order chi connectivity index (χ0) is 11.0. The van der Waals surface area contributed by atoms with Crippen molar-refractivity contribution in [3.63, 3.8) is 0 Å². The Hall–Kier alpha value is -1.09. The summed E-state index contributed by atoms with van der Waals surface area (Å²) in [6.45, 7) is 9.79. The van der Waals surface area contributed by atoms with Gasteiger partial charge >= 0.3 is 0 Å². The maximum Gasteiger partial charge on any atom is 0.213 e. The van der Waals surface area contributed by atoms with Gasteiger partial charge in [-0.3, -0.25) is 0 Å². The van der Waals surface area contributed by atoms with Crippen LogP contribution in [0.25, 0.3) is 0 Å². The van der Waals surface area contributed by atoms with Crippen LogP contribution in [-0.2, 0) is 4.74 Å². The van der Waals surface area contributed by atoms with Gasteiger partial charge in [0.2, 0.25) is 6.04 Å². The lowest BCUT2D eigenvalue weighted by atomic mass is 10.1. The fourth-order valence-corrected chi connectivity index (χ4v) is 1.23. The summed E-state index contributed by atoms with van der Waals surface area (Å²) in [4.78, 5) is 0. The molecule has 0 amide bonds. The van der Waals surface area contributed by atoms with Crippen LogP contribution in [0, 0.1) is 0 Å². The molecule has 0 aromatic heterocycles. The van der Waals surface area contributed by atoms with Gasteiger partial charge in [0.1, 0.15) is 6.72 Å². The number of nitrogens with zero attached hydrogens (tertiary/aromatic N) is 1. The van der Waals surface area contributed by atoms with Crippen LogP contribution < -0.4 is 0 Å². The summed E-state index contributed by atoms with van der Waals surface area (Å²) in [5.41, 5.74) is 0. The van der Waals surface area contributed by atoms with Crippen LogP contribution in [0.2, 0.25) is 0 Å². The van der Waals surface area contributed by atoms with E-state index in [1.165, 1.54) is 0 Å². The lowest BCUT2D eigenvalue weighted by Gasteiger charge is -2.13. The summed E-state index contributed by atoms with van der Waals surface area (Å²) in [6, 6.07) is 0.0309. The Bertz CT molecular complexity index is 221. The molecule has 14 heavy (non-hydrogen) atoms. The highest BCUT2D eigenvalue weighted by molar-refractivity contribution is 5.17. The van der Waals surface area contributed by atoms with Gasteiger partial charge in [-0.1, -0.05) is 6.58 Å². The average molecular weight is 198 g/mol. The molecule has 3 heteroatoms. The summed E-state index contributed by atoms with van der Waals surface area (Å²) in [5.74, 6) is 0.673. The molecular formula is C11H20NO2+. The second-order valence-electron chi connectivity index (χ2n) is 3.05. The van der Waals surface area contributed by atoms with Crippen molar-refractivity contribution in [1.29, 1.82) is 0 Å².